The number of rotatable bonds is 3. The third kappa shape index (κ3) is 2.83. The van der Waals surface area contributed by atoms with Gasteiger partial charge in [0.25, 0.3) is 0 Å². The lowest BCUT2D eigenvalue weighted by Gasteiger charge is -2.17. The van der Waals surface area contributed by atoms with Crippen LogP contribution in [0.2, 0.25) is 0 Å². The summed E-state index contributed by atoms with van der Waals surface area (Å²) in [7, 11) is 0. The summed E-state index contributed by atoms with van der Waals surface area (Å²) >= 11 is 0. The SMILES string of the molecule is Cc1ccc(OC(C)c2ccc(N)cc2)c(C)c1. The number of aryl methyl sites for hydroxylation is 2. The minimum absolute atomic E-state index is 0.0204. The molecule has 2 aromatic carbocycles. The molecule has 2 N–H and O–H groups in total. The van der Waals surface area contributed by atoms with E-state index in [-0.39, 0.29) is 6.10 Å². The molecular formula is C16H19NO. The monoisotopic (exact) mass is 241 g/mol. The van der Waals surface area contributed by atoms with Gasteiger partial charge in [-0.3, -0.25) is 0 Å². The van der Waals surface area contributed by atoms with Gasteiger partial charge >= 0.3 is 0 Å². The standard InChI is InChI=1S/C16H19NO/c1-11-4-9-16(12(2)10-11)18-13(3)14-5-7-15(17)8-6-14/h4-10,13H,17H2,1-3H3. The average molecular weight is 241 g/mol. The molecule has 18 heavy (non-hydrogen) atoms. The highest BCUT2D eigenvalue weighted by Crippen LogP contribution is 2.25. The van der Waals surface area contributed by atoms with Crippen LogP contribution in [-0.4, -0.2) is 0 Å². The summed E-state index contributed by atoms with van der Waals surface area (Å²) in [6, 6.07) is 14.0. The molecule has 0 aliphatic heterocycles. The van der Waals surface area contributed by atoms with Gasteiger partial charge in [0.2, 0.25) is 0 Å². The maximum absolute atomic E-state index is 5.99. The van der Waals surface area contributed by atoms with Crippen molar-refractivity contribution in [2.75, 3.05) is 5.73 Å². The second-order valence-electron chi connectivity index (χ2n) is 4.70. The Labute approximate surface area is 108 Å². The molecule has 0 saturated carbocycles. The number of hydrogen-bond acceptors (Lipinski definition) is 2. The van der Waals surface area contributed by atoms with Gasteiger partial charge in [-0.2, -0.15) is 0 Å². The molecule has 0 fully saturated rings. The zero-order valence-electron chi connectivity index (χ0n) is 11.1. The molecule has 1 unspecified atom stereocenters. The maximum Gasteiger partial charge on any atom is 0.123 e. The molecule has 0 aliphatic carbocycles. The highest BCUT2D eigenvalue weighted by atomic mass is 16.5. The number of anilines is 1. The number of benzene rings is 2. The highest BCUT2D eigenvalue weighted by molar-refractivity contribution is 5.40. The van der Waals surface area contributed by atoms with Gasteiger partial charge in [-0.15, -0.1) is 0 Å². The topological polar surface area (TPSA) is 35.2 Å². The average Bonchev–Trinajstić information content (AvgIpc) is 2.33. The third-order valence-corrected chi connectivity index (χ3v) is 3.04. The van der Waals surface area contributed by atoms with Crippen molar-refractivity contribution in [1.82, 2.24) is 0 Å². The Bertz CT molecular complexity index is 531. The predicted octanol–water partition coefficient (Wildman–Crippen LogP) is 4.03. The molecule has 0 aliphatic rings. The van der Waals surface area contributed by atoms with E-state index < -0.39 is 0 Å². The second kappa shape index (κ2) is 5.13. The quantitative estimate of drug-likeness (QED) is 0.823. The molecule has 0 bridgehead atoms. The van der Waals surface area contributed by atoms with Crippen molar-refractivity contribution in [3.05, 3.63) is 59.2 Å². The zero-order valence-corrected chi connectivity index (χ0v) is 11.1. The van der Waals surface area contributed by atoms with Crippen molar-refractivity contribution in [1.29, 1.82) is 0 Å². The molecule has 2 rings (SSSR count). The molecule has 2 nitrogen and oxygen atoms in total. The molecular weight excluding hydrogens is 222 g/mol. The van der Waals surface area contributed by atoms with E-state index in [2.05, 4.69) is 26.0 Å². The Morgan fingerprint density at radius 1 is 1.00 bits per heavy atom. The molecule has 1 atom stereocenters. The lowest BCUT2D eigenvalue weighted by Crippen LogP contribution is -2.04. The molecule has 0 amide bonds. The lowest BCUT2D eigenvalue weighted by atomic mass is 10.1. The van der Waals surface area contributed by atoms with E-state index in [4.69, 9.17) is 10.5 Å². The van der Waals surface area contributed by atoms with Crippen LogP contribution in [0, 0.1) is 13.8 Å². The van der Waals surface area contributed by atoms with Gasteiger partial charge < -0.3 is 10.5 Å². The van der Waals surface area contributed by atoms with Crippen LogP contribution in [0.15, 0.2) is 42.5 Å². The van der Waals surface area contributed by atoms with Crippen LogP contribution in [0.25, 0.3) is 0 Å². The van der Waals surface area contributed by atoms with Crippen LogP contribution in [0.3, 0.4) is 0 Å². The first-order valence-corrected chi connectivity index (χ1v) is 6.15. The van der Waals surface area contributed by atoms with Gasteiger partial charge in [0.15, 0.2) is 0 Å². The number of ether oxygens (including phenoxy) is 1. The minimum atomic E-state index is 0.0204. The summed E-state index contributed by atoms with van der Waals surface area (Å²) in [6.07, 6.45) is 0.0204. The second-order valence-corrected chi connectivity index (χ2v) is 4.70. The Morgan fingerprint density at radius 3 is 2.28 bits per heavy atom. The van der Waals surface area contributed by atoms with E-state index in [0.717, 1.165) is 22.6 Å². The van der Waals surface area contributed by atoms with Crippen LogP contribution in [0.1, 0.15) is 29.7 Å². The number of hydrogen-bond donors (Lipinski definition) is 1. The smallest absolute Gasteiger partial charge is 0.123 e. The summed E-state index contributed by atoms with van der Waals surface area (Å²) in [4.78, 5) is 0. The van der Waals surface area contributed by atoms with Crippen molar-refractivity contribution in [2.24, 2.45) is 0 Å². The number of nitrogens with two attached hydrogens (primary N) is 1. The van der Waals surface area contributed by atoms with Crippen molar-refractivity contribution < 1.29 is 4.74 Å². The maximum atomic E-state index is 5.99. The van der Waals surface area contributed by atoms with E-state index in [1.807, 2.05) is 37.3 Å². The van der Waals surface area contributed by atoms with Crippen molar-refractivity contribution in [3.63, 3.8) is 0 Å². The molecule has 0 radical (unpaired) electrons. The predicted molar refractivity (Wildman–Crippen MR) is 75.8 cm³/mol. The Morgan fingerprint density at radius 2 is 1.67 bits per heavy atom. The first kappa shape index (κ1) is 12.5. The molecule has 0 heterocycles. The van der Waals surface area contributed by atoms with Gasteiger partial charge in [-0.25, -0.2) is 0 Å². The van der Waals surface area contributed by atoms with Gasteiger partial charge in [0, 0.05) is 5.69 Å². The highest BCUT2D eigenvalue weighted by Gasteiger charge is 2.08. The van der Waals surface area contributed by atoms with Crippen molar-refractivity contribution in [3.8, 4) is 5.75 Å². The van der Waals surface area contributed by atoms with Crippen LogP contribution in [0.5, 0.6) is 5.75 Å². The zero-order chi connectivity index (χ0) is 13.1. The molecule has 2 aromatic rings. The fourth-order valence-corrected chi connectivity index (χ4v) is 1.96. The minimum Gasteiger partial charge on any atom is -0.486 e. The van der Waals surface area contributed by atoms with Gasteiger partial charge in [-0.05, 0) is 50.1 Å². The third-order valence-electron chi connectivity index (χ3n) is 3.04. The lowest BCUT2D eigenvalue weighted by molar-refractivity contribution is 0.225. The fraction of sp³-hybridized carbons (Fsp3) is 0.250. The van der Waals surface area contributed by atoms with E-state index in [9.17, 15) is 0 Å². The molecule has 94 valence electrons. The van der Waals surface area contributed by atoms with Crippen LogP contribution in [-0.2, 0) is 0 Å². The van der Waals surface area contributed by atoms with Crippen LogP contribution < -0.4 is 10.5 Å². The first-order valence-electron chi connectivity index (χ1n) is 6.15. The molecule has 0 aromatic heterocycles. The van der Waals surface area contributed by atoms with Gasteiger partial charge in [-0.1, -0.05) is 29.8 Å². The molecule has 0 saturated heterocycles. The normalized spacial score (nSPS) is 12.2. The van der Waals surface area contributed by atoms with E-state index in [1.165, 1.54) is 5.56 Å². The summed E-state index contributed by atoms with van der Waals surface area (Å²) in [5, 5.41) is 0. The molecule has 2 heteroatoms. The van der Waals surface area contributed by atoms with Crippen molar-refractivity contribution >= 4 is 5.69 Å². The van der Waals surface area contributed by atoms with Crippen LogP contribution >= 0.6 is 0 Å². The van der Waals surface area contributed by atoms with Crippen molar-refractivity contribution in [2.45, 2.75) is 26.9 Å². The largest absolute Gasteiger partial charge is 0.486 e. The molecule has 0 spiro atoms. The van der Waals surface area contributed by atoms with Gasteiger partial charge in [0.05, 0.1) is 0 Å². The Kier molecular flexibility index (Phi) is 3.56. The number of nitrogen functional groups attached to an aromatic ring is 1. The van der Waals surface area contributed by atoms with Gasteiger partial charge in [0.1, 0.15) is 11.9 Å². The van der Waals surface area contributed by atoms with E-state index in [0.29, 0.717) is 0 Å². The summed E-state index contributed by atoms with van der Waals surface area (Å²) in [5.41, 5.74) is 10.00. The Hall–Kier alpha value is -1.96. The van der Waals surface area contributed by atoms with Crippen LogP contribution in [0.4, 0.5) is 5.69 Å². The summed E-state index contributed by atoms with van der Waals surface area (Å²) < 4.78 is 5.99. The Balaban J connectivity index is 2.15. The summed E-state index contributed by atoms with van der Waals surface area (Å²) in [6.45, 7) is 6.20. The first-order chi connectivity index (χ1) is 8.56. The van der Waals surface area contributed by atoms with E-state index >= 15 is 0 Å². The summed E-state index contributed by atoms with van der Waals surface area (Å²) in [5.74, 6) is 0.935. The fourth-order valence-electron chi connectivity index (χ4n) is 1.96. The van der Waals surface area contributed by atoms with E-state index in [1.54, 1.807) is 0 Å².